The van der Waals surface area contributed by atoms with Crippen LogP contribution in [0.15, 0.2) is 42.5 Å². The van der Waals surface area contributed by atoms with Crippen molar-refractivity contribution in [3.63, 3.8) is 0 Å². The first-order valence-corrected chi connectivity index (χ1v) is 6.80. The number of para-hydroxylation sites is 2. The maximum atomic E-state index is 11.0. The third-order valence-electron chi connectivity index (χ3n) is 3.09. The van der Waals surface area contributed by atoms with Crippen molar-refractivity contribution in [2.24, 2.45) is 0 Å². The van der Waals surface area contributed by atoms with Gasteiger partial charge in [-0.05, 0) is 24.3 Å². The van der Waals surface area contributed by atoms with Crippen LogP contribution in [0.3, 0.4) is 0 Å². The Bertz CT molecular complexity index is 659. The highest BCUT2D eigenvalue weighted by Gasteiger charge is 2.14. The monoisotopic (exact) mass is 305 g/mol. The van der Waals surface area contributed by atoms with E-state index in [0.717, 1.165) is 11.4 Å². The number of nitrogens with zero attached hydrogens (tertiary/aromatic N) is 2. The summed E-state index contributed by atoms with van der Waals surface area (Å²) in [6.45, 7) is 0.335. The Morgan fingerprint density at radius 3 is 2.62 bits per heavy atom. The summed E-state index contributed by atoms with van der Waals surface area (Å²) in [4.78, 5) is 12.6. The largest absolute Gasteiger partial charge is 0.379 e. The molecule has 0 aliphatic heterocycles. The molecule has 0 atom stereocenters. The molecule has 0 radical (unpaired) electrons. The predicted molar refractivity (Wildman–Crippen MR) is 86.2 cm³/mol. The van der Waals surface area contributed by atoms with Crippen molar-refractivity contribution in [3.8, 4) is 0 Å². The maximum absolute atomic E-state index is 11.0. The number of nitrogens with one attached hydrogen (secondary N) is 1. The van der Waals surface area contributed by atoms with Gasteiger partial charge in [0.15, 0.2) is 0 Å². The number of nitro benzene ring substituents is 1. The second-order valence-electron chi connectivity index (χ2n) is 4.80. The van der Waals surface area contributed by atoms with E-state index < -0.39 is 4.92 Å². The van der Waals surface area contributed by atoms with Crippen LogP contribution in [-0.2, 0) is 6.54 Å². The zero-order chi connectivity index (χ0) is 15.4. The Kier molecular flexibility index (Phi) is 4.65. The SMILES string of the molecule is CN(C)c1ccccc1NCc1cc(Cl)ccc1[N+](=O)[O-]. The molecule has 0 amide bonds. The van der Waals surface area contributed by atoms with Crippen molar-refractivity contribution < 1.29 is 4.92 Å². The topological polar surface area (TPSA) is 58.4 Å². The quantitative estimate of drug-likeness (QED) is 0.672. The fourth-order valence-electron chi connectivity index (χ4n) is 2.08. The summed E-state index contributed by atoms with van der Waals surface area (Å²) in [6, 6.07) is 12.4. The molecule has 2 aromatic carbocycles. The highest BCUT2D eigenvalue weighted by atomic mass is 35.5. The summed E-state index contributed by atoms with van der Waals surface area (Å²) in [7, 11) is 3.89. The van der Waals surface area contributed by atoms with Crippen LogP contribution >= 0.6 is 11.6 Å². The zero-order valence-electron chi connectivity index (χ0n) is 11.8. The number of hydrogen-bond acceptors (Lipinski definition) is 4. The lowest BCUT2D eigenvalue weighted by atomic mass is 10.1. The summed E-state index contributed by atoms with van der Waals surface area (Å²) in [6.07, 6.45) is 0. The van der Waals surface area contributed by atoms with Gasteiger partial charge in [-0.2, -0.15) is 0 Å². The maximum Gasteiger partial charge on any atom is 0.274 e. The molecular weight excluding hydrogens is 290 g/mol. The van der Waals surface area contributed by atoms with E-state index in [-0.39, 0.29) is 5.69 Å². The molecule has 1 N–H and O–H groups in total. The minimum atomic E-state index is -0.398. The van der Waals surface area contributed by atoms with E-state index in [1.165, 1.54) is 12.1 Å². The van der Waals surface area contributed by atoms with Crippen LogP contribution in [0.4, 0.5) is 17.1 Å². The Morgan fingerprint density at radius 2 is 1.95 bits per heavy atom. The van der Waals surface area contributed by atoms with Crippen molar-refractivity contribution in [2.75, 3.05) is 24.3 Å². The predicted octanol–water partition coefficient (Wildman–Crippen LogP) is 3.93. The summed E-state index contributed by atoms with van der Waals surface area (Å²) in [5, 5.41) is 14.8. The third kappa shape index (κ3) is 3.64. The van der Waals surface area contributed by atoms with Gasteiger partial charge in [-0.3, -0.25) is 10.1 Å². The second-order valence-corrected chi connectivity index (χ2v) is 5.23. The van der Waals surface area contributed by atoms with Gasteiger partial charge in [0.2, 0.25) is 0 Å². The molecule has 2 rings (SSSR count). The smallest absolute Gasteiger partial charge is 0.274 e. The van der Waals surface area contributed by atoms with Crippen LogP contribution in [0.1, 0.15) is 5.56 Å². The minimum Gasteiger partial charge on any atom is -0.379 e. The molecular formula is C15H16ClN3O2. The number of anilines is 2. The number of hydrogen-bond donors (Lipinski definition) is 1. The van der Waals surface area contributed by atoms with E-state index in [2.05, 4.69) is 5.32 Å². The van der Waals surface area contributed by atoms with Crippen molar-refractivity contribution in [1.82, 2.24) is 0 Å². The van der Waals surface area contributed by atoms with Gasteiger partial charge in [0.1, 0.15) is 0 Å². The summed E-state index contributed by atoms with van der Waals surface area (Å²) in [5.74, 6) is 0. The first-order valence-electron chi connectivity index (χ1n) is 6.42. The zero-order valence-corrected chi connectivity index (χ0v) is 12.6. The van der Waals surface area contributed by atoms with Gasteiger partial charge in [-0.25, -0.2) is 0 Å². The van der Waals surface area contributed by atoms with Gasteiger partial charge in [-0.15, -0.1) is 0 Å². The third-order valence-corrected chi connectivity index (χ3v) is 3.33. The first kappa shape index (κ1) is 15.1. The lowest BCUT2D eigenvalue weighted by Crippen LogP contribution is -2.12. The highest BCUT2D eigenvalue weighted by Crippen LogP contribution is 2.27. The van der Waals surface area contributed by atoms with E-state index in [0.29, 0.717) is 17.1 Å². The minimum absolute atomic E-state index is 0.0641. The Hall–Kier alpha value is -2.27. The van der Waals surface area contributed by atoms with Crippen molar-refractivity contribution in [2.45, 2.75) is 6.54 Å². The standard InChI is InChI=1S/C15H16ClN3O2/c1-18(2)15-6-4-3-5-13(15)17-10-11-9-12(16)7-8-14(11)19(20)21/h3-9,17H,10H2,1-2H3. The molecule has 0 aliphatic rings. The van der Waals surface area contributed by atoms with Crippen LogP contribution in [0, 0.1) is 10.1 Å². The summed E-state index contributed by atoms with van der Waals surface area (Å²) >= 11 is 5.93. The van der Waals surface area contributed by atoms with Gasteiger partial charge in [0.25, 0.3) is 5.69 Å². The van der Waals surface area contributed by atoms with E-state index in [4.69, 9.17) is 11.6 Å². The van der Waals surface area contributed by atoms with E-state index in [1.807, 2.05) is 43.3 Å². The molecule has 5 nitrogen and oxygen atoms in total. The summed E-state index contributed by atoms with van der Waals surface area (Å²) < 4.78 is 0. The Labute approximate surface area is 128 Å². The number of benzene rings is 2. The molecule has 0 aliphatic carbocycles. The molecule has 21 heavy (non-hydrogen) atoms. The van der Waals surface area contributed by atoms with Crippen LogP contribution in [-0.4, -0.2) is 19.0 Å². The average molecular weight is 306 g/mol. The molecule has 0 aromatic heterocycles. The Balaban J connectivity index is 2.25. The average Bonchev–Trinajstić information content (AvgIpc) is 2.45. The van der Waals surface area contributed by atoms with Crippen LogP contribution in [0.2, 0.25) is 5.02 Å². The molecule has 0 spiro atoms. The fraction of sp³-hybridized carbons (Fsp3) is 0.200. The van der Waals surface area contributed by atoms with Crippen LogP contribution in [0.25, 0.3) is 0 Å². The van der Waals surface area contributed by atoms with Crippen molar-refractivity contribution in [3.05, 3.63) is 63.2 Å². The van der Waals surface area contributed by atoms with Gasteiger partial charge in [0.05, 0.1) is 21.9 Å². The van der Waals surface area contributed by atoms with E-state index >= 15 is 0 Å². The molecule has 0 fully saturated rings. The number of halogens is 1. The molecule has 2 aromatic rings. The van der Waals surface area contributed by atoms with Crippen LogP contribution in [0.5, 0.6) is 0 Å². The second kappa shape index (κ2) is 6.45. The molecule has 0 unspecified atom stereocenters. The van der Waals surface area contributed by atoms with E-state index in [9.17, 15) is 10.1 Å². The lowest BCUT2D eigenvalue weighted by molar-refractivity contribution is -0.385. The molecule has 0 saturated heterocycles. The van der Waals surface area contributed by atoms with Gasteiger partial charge in [-0.1, -0.05) is 23.7 Å². The van der Waals surface area contributed by atoms with E-state index in [1.54, 1.807) is 6.07 Å². The Morgan fingerprint density at radius 1 is 1.24 bits per heavy atom. The summed E-state index contributed by atoms with van der Waals surface area (Å²) in [5.41, 5.74) is 2.55. The molecule has 0 saturated carbocycles. The normalized spacial score (nSPS) is 10.2. The molecule has 6 heteroatoms. The van der Waals surface area contributed by atoms with Crippen molar-refractivity contribution >= 4 is 28.7 Å². The first-order chi connectivity index (χ1) is 9.99. The number of nitro groups is 1. The van der Waals surface area contributed by atoms with Gasteiger partial charge >= 0.3 is 0 Å². The van der Waals surface area contributed by atoms with Gasteiger partial charge < -0.3 is 10.2 Å². The molecule has 110 valence electrons. The highest BCUT2D eigenvalue weighted by molar-refractivity contribution is 6.30. The lowest BCUT2D eigenvalue weighted by Gasteiger charge is -2.18. The number of rotatable bonds is 5. The fourth-order valence-corrected chi connectivity index (χ4v) is 2.27. The molecule has 0 bridgehead atoms. The van der Waals surface area contributed by atoms with Crippen LogP contribution < -0.4 is 10.2 Å². The van der Waals surface area contributed by atoms with Gasteiger partial charge in [0, 0.05) is 31.7 Å². The van der Waals surface area contributed by atoms with Crippen molar-refractivity contribution in [1.29, 1.82) is 0 Å². The molecule has 0 heterocycles.